The zero-order chi connectivity index (χ0) is 13.7. The van der Waals surface area contributed by atoms with Gasteiger partial charge in [0.05, 0.1) is 0 Å². The summed E-state index contributed by atoms with van der Waals surface area (Å²) in [5.74, 6) is 0.972. The Balaban J connectivity index is 1.91. The lowest BCUT2D eigenvalue weighted by molar-refractivity contribution is -0.133. The molecule has 0 spiro atoms. The molecule has 2 unspecified atom stereocenters. The Labute approximate surface area is 114 Å². The summed E-state index contributed by atoms with van der Waals surface area (Å²) in [6, 6.07) is 2.01. The number of H-pyrrole nitrogens is 1. The SMILES string of the molecule is CCC(CN)CC(=O)N1CCCC(c2ccn[nH]2)C1. The lowest BCUT2D eigenvalue weighted by Crippen LogP contribution is -2.40. The molecule has 0 aromatic carbocycles. The van der Waals surface area contributed by atoms with Gasteiger partial charge in [-0.3, -0.25) is 9.89 Å². The minimum absolute atomic E-state index is 0.251. The summed E-state index contributed by atoms with van der Waals surface area (Å²) in [5.41, 5.74) is 6.82. The molecular weight excluding hydrogens is 240 g/mol. The monoisotopic (exact) mass is 264 g/mol. The normalized spacial score (nSPS) is 21.4. The molecule has 1 aliphatic rings. The number of carbonyl (C=O) groups is 1. The summed E-state index contributed by atoms with van der Waals surface area (Å²) in [6.07, 6.45) is 5.52. The van der Waals surface area contributed by atoms with Crippen LogP contribution < -0.4 is 5.73 Å². The third-order valence-corrected chi connectivity index (χ3v) is 4.11. The molecule has 1 aromatic rings. The molecule has 1 amide bonds. The molecule has 2 atom stereocenters. The summed E-state index contributed by atoms with van der Waals surface area (Å²) < 4.78 is 0. The Morgan fingerprint density at radius 1 is 1.68 bits per heavy atom. The second kappa shape index (κ2) is 6.70. The van der Waals surface area contributed by atoms with E-state index in [1.165, 1.54) is 0 Å². The van der Waals surface area contributed by atoms with Crippen LogP contribution in [0.1, 0.15) is 44.2 Å². The van der Waals surface area contributed by atoms with Crippen molar-refractivity contribution in [1.29, 1.82) is 0 Å². The fourth-order valence-corrected chi connectivity index (χ4v) is 2.72. The molecule has 1 saturated heterocycles. The van der Waals surface area contributed by atoms with Crippen LogP contribution in [-0.2, 0) is 4.79 Å². The van der Waals surface area contributed by atoms with Crippen LogP contribution in [0, 0.1) is 5.92 Å². The van der Waals surface area contributed by atoms with Crippen molar-refractivity contribution in [3.63, 3.8) is 0 Å². The Hall–Kier alpha value is -1.36. The van der Waals surface area contributed by atoms with Crippen LogP contribution in [0.5, 0.6) is 0 Å². The van der Waals surface area contributed by atoms with Crippen molar-refractivity contribution in [3.05, 3.63) is 18.0 Å². The van der Waals surface area contributed by atoms with Crippen LogP contribution in [0.2, 0.25) is 0 Å². The molecule has 0 radical (unpaired) electrons. The molecule has 19 heavy (non-hydrogen) atoms. The first-order chi connectivity index (χ1) is 9.24. The molecule has 106 valence electrons. The van der Waals surface area contributed by atoms with E-state index in [-0.39, 0.29) is 5.91 Å². The van der Waals surface area contributed by atoms with Gasteiger partial charge in [0.1, 0.15) is 0 Å². The van der Waals surface area contributed by atoms with Crippen molar-refractivity contribution < 1.29 is 4.79 Å². The highest BCUT2D eigenvalue weighted by molar-refractivity contribution is 5.76. The average molecular weight is 264 g/mol. The maximum Gasteiger partial charge on any atom is 0.222 e. The maximum absolute atomic E-state index is 12.3. The van der Waals surface area contributed by atoms with Crippen molar-refractivity contribution in [2.24, 2.45) is 11.7 Å². The molecule has 5 nitrogen and oxygen atoms in total. The standard InChI is InChI=1S/C14H24N4O/c1-2-11(9-15)8-14(19)18-7-3-4-12(10-18)13-5-6-16-17-13/h5-6,11-12H,2-4,7-10,15H2,1H3,(H,16,17). The van der Waals surface area contributed by atoms with Gasteiger partial charge in [-0.1, -0.05) is 13.3 Å². The number of hydrogen-bond acceptors (Lipinski definition) is 3. The van der Waals surface area contributed by atoms with Crippen molar-refractivity contribution in [3.8, 4) is 0 Å². The fourth-order valence-electron chi connectivity index (χ4n) is 2.72. The Kier molecular flexibility index (Phi) is 4.96. The molecule has 0 bridgehead atoms. The topological polar surface area (TPSA) is 75.0 Å². The summed E-state index contributed by atoms with van der Waals surface area (Å²) in [4.78, 5) is 14.3. The molecule has 1 fully saturated rings. The van der Waals surface area contributed by atoms with Crippen LogP contribution in [-0.4, -0.2) is 40.6 Å². The van der Waals surface area contributed by atoms with Gasteiger partial charge in [-0.15, -0.1) is 0 Å². The minimum Gasteiger partial charge on any atom is -0.342 e. The number of rotatable bonds is 5. The molecule has 2 rings (SSSR count). The predicted molar refractivity (Wildman–Crippen MR) is 74.6 cm³/mol. The van der Waals surface area contributed by atoms with Crippen LogP contribution in [0.25, 0.3) is 0 Å². The van der Waals surface area contributed by atoms with Crippen molar-refractivity contribution in [2.45, 2.75) is 38.5 Å². The first-order valence-corrected chi connectivity index (χ1v) is 7.21. The number of nitrogens with zero attached hydrogens (tertiary/aromatic N) is 2. The Morgan fingerprint density at radius 3 is 3.16 bits per heavy atom. The van der Waals surface area contributed by atoms with Gasteiger partial charge in [0.2, 0.25) is 5.91 Å². The molecule has 0 saturated carbocycles. The Bertz CT molecular complexity index is 386. The number of amides is 1. The zero-order valence-corrected chi connectivity index (χ0v) is 11.6. The van der Waals surface area contributed by atoms with E-state index < -0.39 is 0 Å². The van der Waals surface area contributed by atoms with E-state index in [2.05, 4.69) is 17.1 Å². The summed E-state index contributed by atoms with van der Waals surface area (Å²) in [5, 5.41) is 7.02. The molecule has 3 N–H and O–H groups in total. The van der Waals surface area contributed by atoms with E-state index in [9.17, 15) is 4.79 Å². The van der Waals surface area contributed by atoms with E-state index >= 15 is 0 Å². The number of carbonyl (C=O) groups excluding carboxylic acids is 1. The second-order valence-corrected chi connectivity index (χ2v) is 5.40. The van der Waals surface area contributed by atoms with Crippen molar-refractivity contribution >= 4 is 5.91 Å². The first kappa shape index (κ1) is 14.1. The van der Waals surface area contributed by atoms with Crippen molar-refractivity contribution in [1.82, 2.24) is 15.1 Å². The highest BCUT2D eigenvalue weighted by Gasteiger charge is 2.26. The molecule has 5 heteroatoms. The van der Waals surface area contributed by atoms with Gasteiger partial charge in [0, 0.05) is 37.3 Å². The van der Waals surface area contributed by atoms with Gasteiger partial charge in [0.15, 0.2) is 0 Å². The predicted octanol–water partition coefficient (Wildman–Crippen LogP) is 1.49. The van der Waals surface area contributed by atoms with Crippen LogP contribution in [0.15, 0.2) is 12.3 Å². The summed E-state index contributed by atoms with van der Waals surface area (Å²) in [6.45, 7) is 4.38. The first-order valence-electron chi connectivity index (χ1n) is 7.21. The lowest BCUT2D eigenvalue weighted by atomic mass is 9.93. The van der Waals surface area contributed by atoms with E-state index in [1.807, 2.05) is 11.0 Å². The van der Waals surface area contributed by atoms with Gasteiger partial charge >= 0.3 is 0 Å². The van der Waals surface area contributed by atoms with Gasteiger partial charge < -0.3 is 10.6 Å². The molecule has 1 aliphatic heterocycles. The van der Waals surface area contributed by atoms with E-state index in [0.717, 1.165) is 38.0 Å². The van der Waals surface area contributed by atoms with E-state index in [0.29, 0.717) is 24.8 Å². The minimum atomic E-state index is 0.251. The van der Waals surface area contributed by atoms with Gasteiger partial charge in [-0.25, -0.2) is 0 Å². The quantitative estimate of drug-likeness (QED) is 0.846. The van der Waals surface area contributed by atoms with Gasteiger partial charge in [-0.2, -0.15) is 5.10 Å². The number of likely N-dealkylation sites (tertiary alicyclic amines) is 1. The number of hydrogen-bond donors (Lipinski definition) is 2. The van der Waals surface area contributed by atoms with E-state index in [4.69, 9.17) is 5.73 Å². The summed E-state index contributed by atoms with van der Waals surface area (Å²) >= 11 is 0. The molecule has 0 aliphatic carbocycles. The highest BCUT2D eigenvalue weighted by Crippen LogP contribution is 2.26. The number of nitrogens with two attached hydrogens (primary N) is 1. The Morgan fingerprint density at radius 2 is 2.53 bits per heavy atom. The second-order valence-electron chi connectivity index (χ2n) is 5.40. The zero-order valence-electron chi connectivity index (χ0n) is 11.6. The van der Waals surface area contributed by atoms with Crippen LogP contribution in [0.4, 0.5) is 0 Å². The molecule has 1 aromatic heterocycles. The fraction of sp³-hybridized carbons (Fsp3) is 0.714. The summed E-state index contributed by atoms with van der Waals surface area (Å²) in [7, 11) is 0. The number of piperidine rings is 1. The lowest BCUT2D eigenvalue weighted by Gasteiger charge is -2.33. The average Bonchev–Trinajstić information content (AvgIpc) is 2.99. The molecule has 2 heterocycles. The third-order valence-electron chi connectivity index (χ3n) is 4.11. The number of nitrogens with one attached hydrogen (secondary N) is 1. The molecular formula is C14H24N4O. The maximum atomic E-state index is 12.3. The van der Waals surface area contributed by atoms with Crippen molar-refractivity contribution in [2.75, 3.05) is 19.6 Å². The number of aromatic amines is 1. The van der Waals surface area contributed by atoms with Gasteiger partial charge in [0.25, 0.3) is 0 Å². The largest absolute Gasteiger partial charge is 0.342 e. The third kappa shape index (κ3) is 3.56. The van der Waals surface area contributed by atoms with Gasteiger partial charge in [-0.05, 0) is 31.4 Å². The van der Waals surface area contributed by atoms with Crippen LogP contribution >= 0.6 is 0 Å². The smallest absolute Gasteiger partial charge is 0.222 e. The highest BCUT2D eigenvalue weighted by atomic mass is 16.2. The van der Waals surface area contributed by atoms with E-state index in [1.54, 1.807) is 6.20 Å². The van der Waals surface area contributed by atoms with Crippen LogP contribution in [0.3, 0.4) is 0 Å². The number of aromatic nitrogens is 2.